The maximum Gasteiger partial charge on any atom is 0.242 e. The molecule has 176 valence electrons. The summed E-state index contributed by atoms with van der Waals surface area (Å²) in [6.45, 7) is 2.88. The number of rotatable bonds is 7. The lowest BCUT2D eigenvalue weighted by atomic mass is 9.98. The monoisotopic (exact) mass is 453 g/mol. The van der Waals surface area contributed by atoms with Gasteiger partial charge in [-0.15, -0.1) is 0 Å². The molecule has 0 aliphatic carbocycles. The fourth-order valence-corrected chi connectivity index (χ4v) is 4.26. The highest BCUT2D eigenvalue weighted by atomic mass is 16.5. The first kappa shape index (κ1) is 23.2. The number of aromatic nitrogens is 1. The van der Waals surface area contributed by atoms with E-state index in [0.29, 0.717) is 52.3 Å². The highest BCUT2D eigenvalue weighted by Gasteiger charge is 2.34. The molecule has 2 fully saturated rings. The minimum absolute atomic E-state index is 0.0212. The largest absolute Gasteiger partial charge is 0.497 e. The van der Waals surface area contributed by atoms with Crippen LogP contribution in [0.2, 0.25) is 0 Å². The Hall–Kier alpha value is -2.97. The van der Waals surface area contributed by atoms with E-state index >= 15 is 0 Å². The van der Waals surface area contributed by atoms with Gasteiger partial charge in [0.2, 0.25) is 11.8 Å². The van der Waals surface area contributed by atoms with Crippen molar-refractivity contribution in [2.24, 2.45) is 5.92 Å². The van der Waals surface area contributed by atoms with Crippen molar-refractivity contribution in [1.29, 1.82) is 0 Å². The van der Waals surface area contributed by atoms with E-state index in [1.165, 1.54) is 0 Å². The van der Waals surface area contributed by atoms with Crippen LogP contribution in [0.3, 0.4) is 0 Å². The molecule has 0 bridgehead atoms. The van der Waals surface area contributed by atoms with Gasteiger partial charge < -0.3 is 24.0 Å². The van der Waals surface area contributed by atoms with Crippen molar-refractivity contribution in [2.45, 2.75) is 32.1 Å². The maximum atomic E-state index is 13.2. The van der Waals surface area contributed by atoms with Crippen LogP contribution in [0.4, 0.5) is 0 Å². The average molecular weight is 454 g/mol. The number of carbonyl (C=O) groups excluding carboxylic acids is 2. The van der Waals surface area contributed by atoms with Crippen LogP contribution in [-0.4, -0.2) is 72.7 Å². The van der Waals surface area contributed by atoms with E-state index in [1.54, 1.807) is 29.3 Å². The quantitative estimate of drug-likeness (QED) is 0.640. The summed E-state index contributed by atoms with van der Waals surface area (Å²) >= 11 is 0. The van der Waals surface area contributed by atoms with Gasteiger partial charge in [0.15, 0.2) is 0 Å². The van der Waals surface area contributed by atoms with Crippen LogP contribution in [0.15, 0.2) is 48.8 Å². The van der Waals surface area contributed by atoms with Gasteiger partial charge in [-0.2, -0.15) is 0 Å². The lowest BCUT2D eigenvalue weighted by molar-refractivity contribution is -0.143. The zero-order valence-corrected chi connectivity index (χ0v) is 19.0. The first-order valence-corrected chi connectivity index (χ1v) is 11.4. The van der Waals surface area contributed by atoms with E-state index in [4.69, 9.17) is 14.2 Å². The summed E-state index contributed by atoms with van der Waals surface area (Å²) in [6.07, 6.45) is 4.58. The molecule has 2 amide bonds. The Kier molecular flexibility index (Phi) is 7.91. The van der Waals surface area contributed by atoms with Crippen LogP contribution in [0.1, 0.15) is 24.0 Å². The SMILES string of the molecule is COc1ccc(CN2C[C@@H](OCc3cccnc3)CN(C(=O)C3CCOCC3)CC2=O)cc1. The summed E-state index contributed by atoms with van der Waals surface area (Å²) in [7, 11) is 1.63. The van der Waals surface area contributed by atoms with Crippen molar-refractivity contribution in [3.8, 4) is 5.75 Å². The molecule has 2 aliphatic heterocycles. The minimum Gasteiger partial charge on any atom is -0.497 e. The molecule has 4 rings (SSSR count). The standard InChI is InChI=1S/C25H31N3O5/c1-31-22-6-4-19(5-7-22)14-27-15-23(33-18-20-3-2-10-26-13-20)16-28(17-24(27)29)25(30)21-8-11-32-12-9-21/h2-7,10,13,21,23H,8-9,11-12,14-18H2,1H3/t23-/m1/s1. The Morgan fingerprint density at radius 2 is 1.91 bits per heavy atom. The summed E-state index contributed by atoms with van der Waals surface area (Å²) in [5, 5.41) is 0. The van der Waals surface area contributed by atoms with Gasteiger partial charge >= 0.3 is 0 Å². The fraction of sp³-hybridized carbons (Fsp3) is 0.480. The summed E-state index contributed by atoms with van der Waals surface area (Å²) in [4.78, 5) is 34.0. The Bertz CT molecular complexity index is 915. The molecule has 2 saturated heterocycles. The number of ether oxygens (including phenoxy) is 3. The van der Waals surface area contributed by atoms with Crippen molar-refractivity contribution in [3.05, 3.63) is 59.9 Å². The Morgan fingerprint density at radius 1 is 1.12 bits per heavy atom. The molecule has 8 heteroatoms. The number of amides is 2. The maximum absolute atomic E-state index is 13.2. The topological polar surface area (TPSA) is 81.2 Å². The second kappa shape index (κ2) is 11.2. The van der Waals surface area contributed by atoms with Crippen LogP contribution in [0, 0.1) is 5.92 Å². The third kappa shape index (κ3) is 6.30. The first-order chi connectivity index (χ1) is 16.1. The highest BCUT2D eigenvalue weighted by molar-refractivity contribution is 5.86. The first-order valence-electron chi connectivity index (χ1n) is 11.4. The van der Waals surface area contributed by atoms with Gasteiger partial charge in [0.25, 0.3) is 0 Å². The molecule has 1 aromatic heterocycles. The minimum atomic E-state index is -0.293. The van der Waals surface area contributed by atoms with Crippen molar-refractivity contribution < 1.29 is 23.8 Å². The molecule has 8 nitrogen and oxygen atoms in total. The third-order valence-corrected chi connectivity index (χ3v) is 6.15. The number of benzene rings is 1. The number of pyridine rings is 1. The lowest BCUT2D eigenvalue weighted by Gasteiger charge is -2.29. The normalized spacial score (nSPS) is 19.9. The van der Waals surface area contributed by atoms with Gasteiger partial charge in [-0.25, -0.2) is 0 Å². The van der Waals surface area contributed by atoms with E-state index in [1.807, 2.05) is 36.4 Å². The molecule has 0 N–H and O–H groups in total. The molecule has 1 aromatic carbocycles. The van der Waals surface area contributed by atoms with Gasteiger partial charge in [-0.3, -0.25) is 14.6 Å². The molecular weight excluding hydrogens is 422 g/mol. The van der Waals surface area contributed by atoms with Crippen LogP contribution in [0.25, 0.3) is 0 Å². The van der Waals surface area contributed by atoms with Gasteiger partial charge in [-0.1, -0.05) is 18.2 Å². The molecule has 0 unspecified atom stereocenters. The zero-order chi connectivity index (χ0) is 23.0. The predicted octanol–water partition coefficient (Wildman–Crippen LogP) is 2.27. The van der Waals surface area contributed by atoms with Gasteiger partial charge in [0.1, 0.15) is 5.75 Å². The second-order valence-corrected chi connectivity index (χ2v) is 8.52. The van der Waals surface area contributed by atoms with E-state index in [2.05, 4.69) is 4.98 Å². The third-order valence-electron chi connectivity index (χ3n) is 6.15. The number of hydrogen-bond acceptors (Lipinski definition) is 6. The molecule has 3 heterocycles. The Balaban J connectivity index is 1.48. The van der Waals surface area contributed by atoms with E-state index in [-0.39, 0.29) is 30.4 Å². The van der Waals surface area contributed by atoms with Crippen molar-refractivity contribution in [2.75, 3.05) is 40.0 Å². The van der Waals surface area contributed by atoms with E-state index in [9.17, 15) is 9.59 Å². The van der Waals surface area contributed by atoms with E-state index in [0.717, 1.165) is 16.9 Å². The molecule has 33 heavy (non-hydrogen) atoms. The van der Waals surface area contributed by atoms with Crippen molar-refractivity contribution >= 4 is 11.8 Å². The molecule has 2 aliphatic rings. The summed E-state index contributed by atoms with van der Waals surface area (Å²) in [5.41, 5.74) is 1.96. The molecular formula is C25H31N3O5. The second-order valence-electron chi connectivity index (χ2n) is 8.52. The number of methoxy groups -OCH3 is 1. The molecule has 2 aromatic rings. The van der Waals surface area contributed by atoms with Crippen molar-refractivity contribution in [3.63, 3.8) is 0 Å². The average Bonchev–Trinajstić information content (AvgIpc) is 3.02. The Morgan fingerprint density at radius 3 is 2.61 bits per heavy atom. The van der Waals surface area contributed by atoms with Crippen LogP contribution >= 0.6 is 0 Å². The molecule has 0 saturated carbocycles. The Labute approximate surface area is 194 Å². The number of hydrogen-bond donors (Lipinski definition) is 0. The molecule has 0 radical (unpaired) electrons. The van der Waals surface area contributed by atoms with Gasteiger partial charge in [0, 0.05) is 51.2 Å². The number of nitrogens with zero attached hydrogens (tertiary/aromatic N) is 3. The van der Waals surface area contributed by atoms with Crippen LogP contribution < -0.4 is 4.74 Å². The summed E-state index contributed by atoms with van der Waals surface area (Å²) in [5.74, 6) is 0.622. The van der Waals surface area contributed by atoms with Crippen LogP contribution in [-0.2, 0) is 32.2 Å². The van der Waals surface area contributed by atoms with E-state index < -0.39 is 0 Å². The molecule has 0 spiro atoms. The van der Waals surface area contributed by atoms with Gasteiger partial charge in [-0.05, 0) is 42.2 Å². The summed E-state index contributed by atoms with van der Waals surface area (Å²) in [6, 6.07) is 11.5. The fourth-order valence-electron chi connectivity index (χ4n) is 4.26. The lowest BCUT2D eigenvalue weighted by Crippen LogP contribution is -2.44. The molecule has 1 atom stereocenters. The summed E-state index contributed by atoms with van der Waals surface area (Å²) < 4.78 is 16.8. The predicted molar refractivity (Wildman–Crippen MR) is 121 cm³/mol. The van der Waals surface area contributed by atoms with Crippen molar-refractivity contribution in [1.82, 2.24) is 14.8 Å². The smallest absolute Gasteiger partial charge is 0.242 e. The zero-order valence-electron chi connectivity index (χ0n) is 19.0. The van der Waals surface area contributed by atoms with Gasteiger partial charge in [0.05, 0.1) is 26.4 Å². The highest BCUT2D eigenvalue weighted by Crippen LogP contribution is 2.21. The van der Waals surface area contributed by atoms with Crippen LogP contribution in [0.5, 0.6) is 5.75 Å². The number of carbonyl (C=O) groups is 2.